The van der Waals surface area contributed by atoms with Gasteiger partial charge in [0, 0.05) is 37.2 Å². The van der Waals surface area contributed by atoms with Crippen LogP contribution in [0.3, 0.4) is 0 Å². The Labute approximate surface area is 122 Å². The molecule has 0 radical (unpaired) electrons. The molecule has 0 aromatic carbocycles. The Bertz CT molecular complexity index is 733. The van der Waals surface area contributed by atoms with Gasteiger partial charge in [-0.15, -0.1) is 0 Å². The molecule has 2 N–H and O–H groups in total. The van der Waals surface area contributed by atoms with Gasteiger partial charge in [0.15, 0.2) is 5.78 Å². The van der Waals surface area contributed by atoms with Gasteiger partial charge in [-0.25, -0.2) is 0 Å². The molecule has 0 fully saturated rings. The Morgan fingerprint density at radius 3 is 2.90 bits per heavy atom. The molecule has 2 aliphatic rings. The van der Waals surface area contributed by atoms with Crippen LogP contribution >= 0.6 is 0 Å². The molecule has 21 heavy (non-hydrogen) atoms. The van der Waals surface area contributed by atoms with Crippen molar-refractivity contribution in [1.82, 2.24) is 9.78 Å². The molecule has 108 valence electrons. The van der Waals surface area contributed by atoms with E-state index in [1.165, 1.54) is 0 Å². The second kappa shape index (κ2) is 4.77. The molecule has 1 aliphatic heterocycles. The van der Waals surface area contributed by atoms with Gasteiger partial charge in [-0.3, -0.25) is 9.48 Å². The molecule has 6 nitrogen and oxygen atoms in total. The fourth-order valence-electron chi connectivity index (χ4n) is 3.07. The van der Waals surface area contributed by atoms with Crippen LogP contribution in [0.5, 0.6) is 0 Å². The van der Waals surface area contributed by atoms with Gasteiger partial charge in [0.1, 0.15) is 17.4 Å². The summed E-state index contributed by atoms with van der Waals surface area (Å²) >= 11 is 0. The highest BCUT2D eigenvalue weighted by Gasteiger charge is 2.39. The van der Waals surface area contributed by atoms with Crippen molar-refractivity contribution in [3.8, 4) is 6.07 Å². The number of carbonyl (C=O) groups excluding carboxylic acids is 1. The average Bonchev–Trinajstić information content (AvgIpc) is 2.76. The Kier molecular flexibility index (Phi) is 3.05. The van der Waals surface area contributed by atoms with E-state index in [4.69, 9.17) is 10.5 Å². The number of hydrogen-bond acceptors (Lipinski definition) is 5. The summed E-state index contributed by atoms with van der Waals surface area (Å²) in [5.74, 6) is 0.278. The second-order valence-corrected chi connectivity index (χ2v) is 5.38. The fourth-order valence-corrected chi connectivity index (χ4v) is 3.07. The Balaban J connectivity index is 2.22. The minimum atomic E-state index is -0.458. The van der Waals surface area contributed by atoms with Gasteiger partial charge in [0.25, 0.3) is 0 Å². The first kappa shape index (κ1) is 13.4. The van der Waals surface area contributed by atoms with Crippen molar-refractivity contribution in [2.45, 2.75) is 32.1 Å². The molecule has 1 aromatic heterocycles. The number of rotatable bonds is 1. The lowest BCUT2D eigenvalue weighted by atomic mass is 9.78. The van der Waals surface area contributed by atoms with Crippen molar-refractivity contribution in [1.29, 1.82) is 5.26 Å². The van der Waals surface area contributed by atoms with Crippen molar-refractivity contribution < 1.29 is 9.53 Å². The number of Topliss-reactive ketones (excluding diaryl/α,β-unsaturated/α-hetero) is 1. The standard InChI is InChI=1S/C15H16N4O2/c1-8-10(7-19(2)18-8)13-9(6-16)15(17)21-12-5-3-4-11(20)14(12)13/h7,13H,3-5,17H2,1-2H3/t13-/m1/s1. The smallest absolute Gasteiger partial charge is 0.205 e. The lowest BCUT2D eigenvalue weighted by Gasteiger charge is -2.30. The fraction of sp³-hybridized carbons (Fsp3) is 0.400. The molecule has 3 rings (SSSR count). The number of nitrogens with zero attached hydrogens (tertiary/aromatic N) is 3. The molecule has 0 amide bonds. The topological polar surface area (TPSA) is 93.9 Å². The molecule has 1 aromatic rings. The normalized spacial score (nSPS) is 22.0. The van der Waals surface area contributed by atoms with E-state index in [0.29, 0.717) is 29.7 Å². The third kappa shape index (κ3) is 2.02. The van der Waals surface area contributed by atoms with Crippen molar-refractivity contribution >= 4 is 5.78 Å². The number of ketones is 1. The number of ether oxygens (including phenoxy) is 1. The summed E-state index contributed by atoms with van der Waals surface area (Å²) < 4.78 is 7.21. The van der Waals surface area contributed by atoms with E-state index in [0.717, 1.165) is 17.7 Å². The number of aryl methyl sites for hydroxylation is 2. The number of allylic oxidation sites excluding steroid dienone is 3. The van der Waals surface area contributed by atoms with E-state index in [2.05, 4.69) is 11.2 Å². The highest BCUT2D eigenvalue weighted by molar-refractivity contribution is 5.99. The lowest BCUT2D eigenvalue weighted by molar-refractivity contribution is -0.116. The number of nitrogens with two attached hydrogens (primary N) is 1. The van der Waals surface area contributed by atoms with Gasteiger partial charge < -0.3 is 10.5 Å². The summed E-state index contributed by atoms with van der Waals surface area (Å²) in [4.78, 5) is 12.4. The van der Waals surface area contributed by atoms with E-state index in [9.17, 15) is 10.1 Å². The number of aromatic nitrogens is 2. The van der Waals surface area contributed by atoms with E-state index < -0.39 is 5.92 Å². The highest BCUT2D eigenvalue weighted by Crippen LogP contribution is 2.43. The maximum Gasteiger partial charge on any atom is 0.205 e. The van der Waals surface area contributed by atoms with Gasteiger partial charge in [-0.05, 0) is 13.3 Å². The van der Waals surface area contributed by atoms with E-state index in [1.54, 1.807) is 4.68 Å². The first-order chi connectivity index (χ1) is 10.0. The van der Waals surface area contributed by atoms with Crippen LogP contribution in [-0.2, 0) is 16.6 Å². The van der Waals surface area contributed by atoms with Crippen LogP contribution in [0.2, 0.25) is 0 Å². The van der Waals surface area contributed by atoms with Crippen LogP contribution < -0.4 is 5.73 Å². The minimum Gasteiger partial charge on any atom is -0.444 e. The Hall–Kier alpha value is -2.55. The van der Waals surface area contributed by atoms with Gasteiger partial charge in [-0.1, -0.05) is 0 Å². The predicted molar refractivity (Wildman–Crippen MR) is 74.5 cm³/mol. The van der Waals surface area contributed by atoms with Gasteiger partial charge in [-0.2, -0.15) is 10.4 Å². The number of nitriles is 1. The molecular formula is C15H16N4O2. The van der Waals surface area contributed by atoms with E-state index in [-0.39, 0.29) is 11.7 Å². The largest absolute Gasteiger partial charge is 0.444 e. The van der Waals surface area contributed by atoms with E-state index in [1.807, 2.05) is 20.2 Å². The van der Waals surface area contributed by atoms with Gasteiger partial charge in [0.05, 0.1) is 11.6 Å². The third-order valence-corrected chi connectivity index (χ3v) is 3.97. The molecule has 0 saturated heterocycles. The van der Waals surface area contributed by atoms with Crippen LogP contribution in [-0.4, -0.2) is 15.6 Å². The summed E-state index contributed by atoms with van der Waals surface area (Å²) in [6.07, 6.45) is 3.75. The Morgan fingerprint density at radius 1 is 1.52 bits per heavy atom. The maximum absolute atomic E-state index is 12.4. The van der Waals surface area contributed by atoms with Crippen molar-refractivity contribution in [3.63, 3.8) is 0 Å². The van der Waals surface area contributed by atoms with Crippen LogP contribution in [0.4, 0.5) is 0 Å². The SMILES string of the molecule is Cc1nn(C)cc1[C@H]1C(C#N)=C(N)OC2=C1C(=O)CCC2. The highest BCUT2D eigenvalue weighted by atomic mass is 16.5. The summed E-state index contributed by atoms with van der Waals surface area (Å²) in [5, 5.41) is 13.8. The molecule has 0 saturated carbocycles. The van der Waals surface area contributed by atoms with Gasteiger partial charge in [0.2, 0.25) is 5.88 Å². The predicted octanol–water partition coefficient (Wildman–Crippen LogP) is 1.54. The number of hydrogen-bond donors (Lipinski definition) is 1. The van der Waals surface area contributed by atoms with Crippen molar-refractivity contribution in [3.05, 3.63) is 40.2 Å². The van der Waals surface area contributed by atoms with Crippen LogP contribution in [0.25, 0.3) is 0 Å². The zero-order valence-corrected chi connectivity index (χ0v) is 12.0. The molecular weight excluding hydrogens is 268 g/mol. The molecule has 0 unspecified atom stereocenters. The zero-order valence-electron chi connectivity index (χ0n) is 12.0. The van der Waals surface area contributed by atoms with Crippen LogP contribution in [0, 0.1) is 18.3 Å². The molecule has 6 heteroatoms. The molecule has 0 bridgehead atoms. The summed E-state index contributed by atoms with van der Waals surface area (Å²) in [7, 11) is 1.81. The van der Waals surface area contributed by atoms with E-state index >= 15 is 0 Å². The van der Waals surface area contributed by atoms with Gasteiger partial charge >= 0.3 is 0 Å². The van der Waals surface area contributed by atoms with Crippen LogP contribution in [0.15, 0.2) is 29.0 Å². The molecule has 0 spiro atoms. The first-order valence-electron chi connectivity index (χ1n) is 6.87. The molecule has 1 aliphatic carbocycles. The summed E-state index contributed by atoms with van der Waals surface area (Å²) in [6.45, 7) is 1.86. The van der Waals surface area contributed by atoms with Crippen LogP contribution in [0.1, 0.15) is 36.4 Å². The zero-order chi connectivity index (χ0) is 15.1. The lowest BCUT2D eigenvalue weighted by Crippen LogP contribution is -2.27. The average molecular weight is 284 g/mol. The quantitative estimate of drug-likeness (QED) is 0.844. The minimum absolute atomic E-state index is 0.0322. The first-order valence-corrected chi connectivity index (χ1v) is 6.87. The molecule has 1 atom stereocenters. The second-order valence-electron chi connectivity index (χ2n) is 5.38. The summed E-state index contributed by atoms with van der Waals surface area (Å²) in [6, 6.07) is 2.10. The monoisotopic (exact) mass is 284 g/mol. The number of carbonyl (C=O) groups is 1. The maximum atomic E-state index is 12.4. The van der Waals surface area contributed by atoms with Crippen molar-refractivity contribution in [2.75, 3.05) is 0 Å². The molecule has 2 heterocycles. The third-order valence-electron chi connectivity index (χ3n) is 3.97. The Morgan fingerprint density at radius 2 is 2.29 bits per heavy atom. The summed E-state index contributed by atoms with van der Waals surface area (Å²) in [5.41, 5.74) is 8.38. The van der Waals surface area contributed by atoms with Crippen molar-refractivity contribution in [2.24, 2.45) is 12.8 Å².